The Kier molecular flexibility index (Phi) is 6.26. The van der Waals surface area contributed by atoms with Gasteiger partial charge in [-0.1, -0.05) is 32.0 Å². The summed E-state index contributed by atoms with van der Waals surface area (Å²) < 4.78 is 27.8. The van der Waals surface area contributed by atoms with E-state index in [0.29, 0.717) is 23.8 Å². The fourth-order valence-corrected chi connectivity index (χ4v) is 3.56. The predicted molar refractivity (Wildman–Crippen MR) is 105 cm³/mol. The molecule has 0 aliphatic rings. The van der Waals surface area contributed by atoms with Gasteiger partial charge >= 0.3 is 6.03 Å². The zero-order valence-corrected chi connectivity index (χ0v) is 16.3. The van der Waals surface area contributed by atoms with Crippen molar-refractivity contribution in [2.45, 2.75) is 32.6 Å². The average molecular weight is 375 g/mol. The van der Waals surface area contributed by atoms with Crippen LogP contribution in [0.25, 0.3) is 0 Å². The Labute approximate surface area is 155 Å². The molecular weight excluding hydrogens is 350 g/mol. The van der Waals surface area contributed by atoms with Crippen molar-refractivity contribution in [1.29, 1.82) is 0 Å². The van der Waals surface area contributed by atoms with E-state index in [1.807, 2.05) is 45.9 Å². The first-order chi connectivity index (χ1) is 12.2. The number of hydrogen-bond acceptors (Lipinski definition) is 3. The van der Waals surface area contributed by atoms with Crippen LogP contribution in [0.15, 0.2) is 47.4 Å². The summed E-state index contributed by atoms with van der Waals surface area (Å²) in [5.41, 5.74) is 2.82. The van der Waals surface area contributed by atoms with Crippen LogP contribution in [-0.4, -0.2) is 21.0 Å². The highest BCUT2D eigenvalue weighted by Crippen LogP contribution is 2.24. The molecule has 0 unspecified atom stereocenters. The van der Waals surface area contributed by atoms with E-state index in [1.54, 1.807) is 12.1 Å². The van der Waals surface area contributed by atoms with Crippen molar-refractivity contribution in [2.24, 2.45) is 5.92 Å². The van der Waals surface area contributed by atoms with Gasteiger partial charge in [0.2, 0.25) is 0 Å². The number of para-hydroxylation sites is 1. The third-order valence-electron chi connectivity index (χ3n) is 3.81. The number of amides is 2. The van der Waals surface area contributed by atoms with Crippen LogP contribution in [0.4, 0.5) is 16.2 Å². The number of rotatable bonds is 6. The summed E-state index contributed by atoms with van der Waals surface area (Å²) in [6.07, 6.45) is 0. The van der Waals surface area contributed by atoms with Crippen molar-refractivity contribution >= 4 is 27.4 Å². The molecule has 0 aromatic heterocycles. The Morgan fingerprint density at radius 2 is 1.58 bits per heavy atom. The lowest BCUT2D eigenvalue weighted by Gasteiger charge is -2.14. The van der Waals surface area contributed by atoms with Gasteiger partial charge in [-0.15, -0.1) is 0 Å². The number of hydrogen-bond donors (Lipinski definition) is 3. The fourth-order valence-electron chi connectivity index (χ4n) is 2.36. The molecule has 0 fully saturated rings. The molecule has 0 aliphatic carbocycles. The molecule has 0 atom stereocenters. The fraction of sp³-hybridized carbons (Fsp3) is 0.316. The van der Waals surface area contributed by atoms with Crippen LogP contribution < -0.4 is 15.4 Å². The van der Waals surface area contributed by atoms with Crippen LogP contribution in [0.5, 0.6) is 0 Å². The van der Waals surface area contributed by atoms with Gasteiger partial charge in [0.05, 0.1) is 10.6 Å². The second-order valence-electron chi connectivity index (χ2n) is 6.63. The number of nitrogens with one attached hydrogen (secondary N) is 3. The summed E-state index contributed by atoms with van der Waals surface area (Å²) >= 11 is 0. The lowest BCUT2D eigenvalue weighted by atomic mass is 10.1. The van der Waals surface area contributed by atoms with Crippen molar-refractivity contribution in [3.8, 4) is 0 Å². The Hall–Kier alpha value is -2.54. The van der Waals surface area contributed by atoms with Crippen LogP contribution in [0.1, 0.15) is 25.0 Å². The minimum Gasteiger partial charge on any atom is -0.338 e. The first-order valence-electron chi connectivity index (χ1n) is 8.43. The molecule has 2 rings (SSSR count). The molecule has 6 nitrogen and oxygen atoms in total. The van der Waals surface area contributed by atoms with Crippen molar-refractivity contribution in [1.82, 2.24) is 5.32 Å². The molecule has 0 heterocycles. The average Bonchev–Trinajstić information content (AvgIpc) is 2.57. The molecule has 2 amide bonds. The molecule has 7 heteroatoms. The third-order valence-corrected chi connectivity index (χ3v) is 5.18. The topological polar surface area (TPSA) is 87.3 Å². The van der Waals surface area contributed by atoms with Crippen molar-refractivity contribution in [3.05, 3.63) is 53.6 Å². The molecular formula is C19H25N3O3S. The van der Waals surface area contributed by atoms with E-state index >= 15 is 0 Å². The number of urea groups is 1. The number of carbonyl (C=O) groups excluding carboxylic acids is 1. The predicted octanol–water partition coefficient (Wildman–Crippen LogP) is 3.88. The van der Waals surface area contributed by atoms with Gasteiger partial charge in [-0.25, -0.2) is 13.2 Å². The first kappa shape index (κ1) is 19.8. The molecule has 0 saturated heterocycles. The summed E-state index contributed by atoms with van der Waals surface area (Å²) in [5, 5.41) is 5.42. The van der Waals surface area contributed by atoms with Crippen molar-refractivity contribution < 1.29 is 13.2 Å². The Morgan fingerprint density at radius 3 is 2.12 bits per heavy atom. The maximum atomic E-state index is 12.6. The molecule has 3 N–H and O–H groups in total. The molecule has 0 aliphatic heterocycles. The smallest absolute Gasteiger partial charge is 0.319 e. The van der Waals surface area contributed by atoms with Gasteiger partial charge in [0.1, 0.15) is 0 Å². The van der Waals surface area contributed by atoms with E-state index in [1.165, 1.54) is 12.1 Å². The van der Waals surface area contributed by atoms with Gasteiger partial charge in [-0.3, -0.25) is 4.72 Å². The summed E-state index contributed by atoms with van der Waals surface area (Å²) in [5.74, 6) is 0.351. The van der Waals surface area contributed by atoms with E-state index in [-0.39, 0.29) is 10.9 Å². The van der Waals surface area contributed by atoms with Crippen molar-refractivity contribution in [3.63, 3.8) is 0 Å². The number of benzene rings is 2. The maximum Gasteiger partial charge on any atom is 0.319 e. The van der Waals surface area contributed by atoms with Crippen molar-refractivity contribution in [2.75, 3.05) is 16.6 Å². The van der Waals surface area contributed by atoms with Gasteiger partial charge in [0.15, 0.2) is 0 Å². The van der Waals surface area contributed by atoms with E-state index in [9.17, 15) is 13.2 Å². The maximum absolute atomic E-state index is 12.6. The lowest BCUT2D eigenvalue weighted by molar-refractivity contribution is 0.251. The second kappa shape index (κ2) is 8.23. The van der Waals surface area contributed by atoms with E-state index in [0.717, 1.165) is 11.1 Å². The number of anilines is 2. The normalized spacial score (nSPS) is 11.3. The van der Waals surface area contributed by atoms with Gasteiger partial charge in [0, 0.05) is 12.2 Å². The summed E-state index contributed by atoms with van der Waals surface area (Å²) in [6, 6.07) is 11.3. The molecule has 2 aromatic rings. The van der Waals surface area contributed by atoms with E-state index < -0.39 is 10.0 Å². The molecule has 0 spiro atoms. The highest BCUT2D eigenvalue weighted by Gasteiger charge is 2.16. The molecule has 26 heavy (non-hydrogen) atoms. The highest BCUT2D eigenvalue weighted by molar-refractivity contribution is 7.92. The van der Waals surface area contributed by atoms with Crippen LogP contribution in [0, 0.1) is 19.8 Å². The van der Waals surface area contributed by atoms with Gasteiger partial charge < -0.3 is 10.6 Å². The third kappa shape index (κ3) is 5.23. The first-order valence-corrected chi connectivity index (χ1v) is 9.91. The van der Waals surface area contributed by atoms with E-state index in [4.69, 9.17) is 0 Å². The van der Waals surface area contributed by atoms with E-state index in [2.05, 4.69) is 15.4 Å². The zero-order chi connectivity index (χ0) is 19.3. The molecule has 0 radical (unpaired) electrons. The Bertz CT molecular complexity index is 855. The zero-order valence-electron chi connectivity index (χ0n) is 15.5. The molecule has 0 bridgehead atoms. The standard InChI is InChI=1S/C19H25N3O3S/c1-13(2)12-20-19(23)21-16-8-10-17(11-9-16)26(24,25)22-18-14(3)6-5-7-15(18)4/h5-11,13,22H,12H2,1-4H3,(H2,20,21,23). The Morgan fingerprint density at radius 1 is 1.00 bits per heavy atom. The number of aryl methyl sites for hydroxylation is 2. The van der Waals surface area contributed by atoms with Crippen LogP contribution in [0.2, 0.25) is 0 Å². The van der Waals surface area contributed by atoms with Gasteiger partial charge in [0.25, 0.3) is 10.0 Å². The molecule has 2 aromatic carbocycles. The molecule has 0 saturated carbocycles. The van der Waals surface area contributed by atoms with Crippen LogP contribution in [-0.2, 0) is 10.0 Å². The number of sulfonamides is 1. The lowest BCUT2D eigenvalue weighted by Crippen LogP contribution is -2.31. The largest absolute Gasteiger partial charge is 0.338 e. The Balaban J connectivity index is 2.10. The minimum atomic E-state index is -3.70. The summed E-state index contributed by atoms with van der Waals surface area (Å²) in [6.45, 7) is 8.28. The summed E-state index contributed by atoms with van der Waals surface area (Å²) in [7, 11) is -3.70. The quantitative estimate of drug-likeness (QED) is 0.716. The minimum absolute atomic E-state index is 0.133. The highest BCUT2D eigenvalue weighted by atomic mass is 32.2. The SMILES string of the molecule is Cc1cccc(C)c1NS(=O)(=O)c1ccc(NC(=O)NCC(C)C)cc1. The second-order valence-corrected chi connectivity index (χ2v) is 8.31. The van der Waals surface area contributed by atoms with Crippen LogP contribution in [0.3, 0.4) is 0 Å². The van der Waals surface area contributed by atoms with Gasteiger partial charge in [-0.2, -0.15) is 0 Å². The molecule has 140 valence electrons. The van der Waals surface area contributed by atoms with Gasteiger partial charge in [-0.05, 0) is 55.2 Å². The number of carbonyl (C=O) groups is 1. The van der Waals surface area contributed by atoms with Crippen LogP contribution >= 0.6 is 0 Å². The summed E-state index contributed by atoms with van der Waals surface area (Å²) in [4.78, 5) is 11.9. The monoisotopic (exact) mass is 375 g/mol.